The van der Waals surface area contributed by atoms with Crippen LogP contribution in [0.3, 0.4) is 0 Å². The minimum atomic E-state index is 0.239. The highest BCUT2D eigenvalue weighted by molar-refractivity contribution is 4.68. The van der Waals surface area contributed by atoms with Gasteiger partial charge in [0.05, 0.1) is 0 Å². The van der Waals surface area contributed by atoms with Gasteiger partial charge >= 0.3 is 0 Å². The van der Waals surface area contributed by atoms with Gasteiger partial charge in [-0.25, -0.2) is 0 Å². The summed E-state index contributed by atoms with van der Waals surface area (Å²) in [7, 11) is 1.93. The molecule has 2 N–H and O–H groups in total. The van der Waals surface area contributed by atoms with Crippen molar-refractivity contribution in [1.82, 2.24) is 10.6 Å². The van der Waals surface area contributed by atoms with Gasteiger partial charge in [-0.3, -0.25) is 5.32 Å². The van der Waals surface area contributed by atoms with Crippen molar-refractivity contribution in [2.45, 2.75) is 26.3 Å². The SMILES string of the molecule is CNCNC(C)(C)C. The van der Waals surface area contributed by atoms with Crippen molar-refractivity contribution in [2.75, 3.05) is 13.7 Å². The van der Waals surface area contributed by atoms with Crippen LogP contribution < -0.4 is 10.6 Å². The van der Waals surface area contributed by atoms with Gasteiger partial charge < -0.3 is 5.32 Å². The first-order valence-electron chi connectivity index (χ1n) is 2.96. The zero-order valence-electron chi connectivity index (χ0n) is 6.21. The quantitative estimate of drug-likeness (QED) is 0.515. The van der Waals surface area contributed by atoms with Gasteiger partial charge in [-0.15, -0.1) is 0 Å². The lowest BCUT2D eigenvalue weighted by Gasteiger charge is -2.19. The molecule has 0 saturated heterocycles. The molecule has 0 aromatic carbocycles. The van der Waals surface area contributed by atoms with E-state index in [1.807, 2.05) is 7.05 Å². The molecule has 0 rings (SSSR count). The summed E-state index contributed by atoms with van der Waals surface area (Å²) in [5.41, 5.74) is 0.239. The molecular weight excluding hydrogens is 100 g/mol. The van der Waals surface area contributed by atoms with E-state index in [9.17, 15) is 0 Å². The summed E-state index contributed by atoms with van der Waals surface area (Å²) in [6.45, 7) is 7.31. The predicted molar refractivity (Wildman–Crippen MR) is 36.8 cm³/mol. The molecule has 0 saturated carbocycles. The smallest absolute Gasteiger partial charge is 0.0455 e. The molecule has 8 heavy (non-hydrogen) atoms. The third-order valence-corrected chi connectivity index (χ3v) is 0.795. The Morgan fingerprint density at radius 2 is 1.75 bits per heavy atom. The number of hydrogen-bond donors (Lipinski definition) is 2. The minimum Gasteiger partial charge on any atom is -0.308 e. The lowest BCUT2D eigenvalue weighted by atomic mass is 10.1. The molecule has 0 aromatic rings. The fraction of sp³-hybridized carbons (Fsp3) is 1.00. The molecule has 0 unspecified atom stereocenters. The Hall–Kier alpha value is -0.0800. The van der Waals surface area contributed by atoms with Gasteiger partial charge in [0, 0.05) is 12.2 Å². The second-order valence-electron chi connectivity index (χ2n) is 2.96. The fourth-order valence-electron chi connectivity index (χ4n) is 0.354. The molecule has 0 spiro atoms. The van der Waals surface area contributed by atoms with E-state index in [1.54, 1.807) is 0 Å². The maximum Gasteiger partial charge on any atom is 0.0455 e. The van der Waals surface area contributed by atoms with Crippen LogP contribution in [0.4, 0.5) is 0 Å². The maximum atomic E-state index is 3.26. The second kappa shape index (κ2) is 3.05. The molecule has 0 bridgehead atoms. The molecule has 50 valence electrons. The van der Waals surface area contributed by atoms with Crippen molar-refractivity contribution in [2.24, 2.45) is 0 Å². The summed E-state index contributed by atoms with van der Waals surface area (Å²) in [6, 6.07) is 0. The van der Waals surface area contributed by atoms with E-state index < -0.39 is 0 Å². The first kappa shape index (κ1) is 7.92. The molecular formula is C6H16N2. The van der Waals surface area contributed by atoms with Crippen molar-refractivity contribution in [3.63, 3.8) is 0 Å². The standard InChI is InChI=1S/C6H16N2/c1-6(2,3)8-5-7-4/h7-8H,5H2,1-4H3. The zero-order valence-corrected chi connectivity index (χ0v) is 6.21. The molecule has 0 aliphatic rings. The molecule has 2 nitrogen and oxygen atoms in total. The Morgan fingerprint density at radius 3 is 1.88 bits per heavy atom. The molecule has 0 fully saturated rings. The van der Waals surface area contributed by atoms with E-state index in [-0.39, 0.29) is 5.54 Å². The largest absolute Gasteiger partial charge is 0.308 e. The van der Waals surface area contributed by atoms with Gasteiger partial charge in [0.25, 0.3) is 0 Å². The number of hydrogen-bond acceptors (Lipinski definition) is 2. The summed E-state index contributed by atoms with van der Waals surface area (Å²) in [6.07, 6.45) is 0. The average molecular weight is 116 g/mol. The first-order chi connectivity index (χ1) is 3.56. The molecule has 0 aliphatic carbocycles. The van der Waals surface area contributed by atoms with Gasteiger partial charge in [-0.05, 0) is 27.8 Å². The normalized spacial score (nSPS) is 12.0. The molecule has 2 heteroatoms. The lowest BCUT2D eigenvalue weighted by molar-refractivity contribution is 0.414. The number of nitrogens with one attached hydrogen (secondary N) is 2. The van der Waals surface area contributed by atoms with E-state index in [0.717, 1.165) is 6.67 Å². The van der Waals surface area contributed by atoms with E-state index in [2.05, 4.69) is 31.4 Å². The predicted octanol–water partition coefficient (Wildman–Crippen LogP) is 0.551. The Balaban J connectivity index is 3.11. The molecule has 0 atom stereocenters. The number of rotatable bonds is 2. The van der Waals surface area contributed by atoms with Crippen LogP contribution >= 0.6 is 0 Å². The summed E-state index contributed by atoms with van der Waals surface area (Å²) in [5.74, 6) is 0. The van der Waals surface area contributed by atoms with Gasteiger partial charge in [-0.2, -0.15) is 0 Å². The first-order valence-corrected chi connectivity index (χ1v) is 2.96. The molecule has 0 aliphatic heterocycles. The van der Waals surface area contributed by atoms with Crippen molar-refractivity contribution < 1.29 is 0 Å². The Kier molecular flexibility index (Phi) is 3.02. The van der Waals surface area contributed by atoms with Gasteiger partial charge in [0.1, 0.15) is 0 Å². The van der Waals surface area contributed by atoms with E-state index in [4.69, 9.17) is 0 Å². The van der Waals surface area contributed by atoms with Gasteiger partial charge in [0.15, 0.2) is 0 Å². The minimum absolute atomic E-state index is 0.239. The third kappa shape index (κ3) is 5.92. The second-order valence-corrected chi connectivity index (χ2v) is 2.96. The van der Waals surface area contributed by atoms with Crippen molar-refractivity contribution in [1.29, 1.82) is 0 Å². The monoisotopic (exact) mass is 116 g/mol. The molecule has 0 aromatic heterocycles. The maximum absolute atomic E-state index is 3.26. The Bertz CT molecular complexity index is 54.0. The summed E-state index contributed by atoms with van der Waals surface area (Å²) < 4.78 is 0. The summed E-state index contributed by atoms with van der Waals surface area (Å²) in [4.78, 5) is 0. The molecule has 0 amide bonds. The third-order valence-electron chi connectivity index (χ3n) is 0.795. The Morgan fingerprint density at radius 1 is 1.25 bits per heavy atom. The van der Waals surface area contributed by atoms with Crippen LogP contribution in [0.1, 0.15) is 20.8 Å². The van der Waals surface area contributed by atoms with E-state index in [1.165, 1.54) is 0 Å². The summed E-state index contributed by atoms with van der Waals surface area (Å²) >= 11 is 0. The molecule has 0 radical (unpaired) electrons. The summed E-state index contributed by atoms with van der Waals surface area (Å²) in [5, 5.41) is 6.27. The highest BCUT2D eigenvalue weighted by atomic mass is 15.1. The van der Waals surface area contributed by atoms with Crippen molar-refractivity contribution >= 4 is 0 Å². The van der Waals surface area contributed by atoms with Crippen LogP contribution in [0, 0.1) is 0 Å². The van der Waals surface area contributed by atoms with Crippen LogP contribution in [0.2, 0.25) is 0 Å². The van der Waals surface area contributed by atoms with Gasteiger partial charge in [0.2, 0.25) is 0 Å². The van der Waals surface area contributed by atoms with Crippen LogP contribution in [0.5, 0.6) is 0 Å². The fourth-order valence-corrected chi connectivity index (χ4v) is 0.354. The van der Waals surface area contributed by atoms with Crippen LogP contribution in [-0.2, 0) is 0 Å². The highest BCUT2D eigenvalue weighted by Gasteiger charge is 2.05. The van der Waals surface area contributed by atoms with E-state index in [0.29, 0.717) is 0 Å². The van der Waals surface area contributed by atoms with Crippen LogP contribution in [0.25, 0.3) is 0 Å². The topological polar surface area (TPSA) is 24.1 Å². The highest BCUT2D eigenvalue weighted by Crippen LogP contribution is 1.95. The Labute approximate surface area is 51.7 Å². The van der Waals surface area contributed by atoms with Crippen molar-refractivity contribution in [3.05, 3.63) is 0 Å². The lowest BCUT2D eigenvalue weighted by Crippen LogP contribution is -2.40. The molecule has 0 heterocycles. The van der Waals surface area contributed by atoms with E-state index >= 15 is 0 Å². The average Bonchev–Trinajstić information content (AvgIpc) is 1.59. The van der Waals surface area contributed by atoms with Crippen molar-refractivity contribution in [3.8, 4) is 0 Å². The van der Waals surface area contributed by atoms with Crippen LogP contribution in [-0.4, -0.2) is 19.3 Å². The van der Waals surface area contributed by atoms with Gasteiger partial charge in [-0.1, -0.05) is 0 Å². The zero-order chi connectivity index (χ0) is 6.62. The van der Waals surface area contributed by atoms with Crippen LogP contribution in [0.15, 0.2) is 0 Å².